The van der Waals surface area contributed by atoms with E-state index in [0.717, 1.165) is 28.9 Å². The van der Waals surface area contributed by atoms with Crippen molar-refractivity contribution in [1.29, 1.82) is 0 Å². The van der Waals surface area contributed by atoms with Crippen molar-refractivity contribution in [3.8, 4) is 0 Å². The van der Waals surface area contributed by atoms with Crippen LogP contribution in [0.4, 0.5) is 5.69 Å². The molecular formula is C15H17N3S. The summed E-state index contributed by atoms with van der Waals surface area (Å²) in [5, 5.41) is 0. The molecule has 98 valence electrons. The van der Waals surface area contributed by atoms with Gasteiger partial charge in [-0.05, 0) is 30.2 Å². The van der Waals surface area contributed by atoms with Crippen molar-refractivity contribution < 1.29 is 0 Å². The van der Waals surface area contributed by atoms with Crippen LogP contribution in [0.1, 0.15) is 16.7 Å². The molecule has 4 heteroatoms. The zero-order valence-corrected chi connectivity index (χ0v) is 11.9. The standard InChI is InChI=1S/C15H17N3S/c1-11-5-3-7-13(15(16)19)14(11)18(2)10-12-6-4-8-17-9-12/h3-9H,10H2,1-2H3,(H2,16,19). The van der Waals surface area contributed by atoms with Gasteiger partial charge in [0.25, 0.3) is 0 Å². The van der Waals surface area contributed by atoms with Crippen LogP contribution in [0.3, 0.4) is 0 Å². The van der Waals surface area contributed by atoms with Crippen molar-refractivity contribution in [2.45, 2.75) is 13.5 Å². The number of nitrogens with zero attached hydrogens (tertiary/aromatic N) is 2. The lowest BCUT2D eigenvalue weighted by molar-refractivity contribution is 0.908. The Morgan fingerprint density at radius 3 is 2.74 bits per heavy atom. The predicted octanol–water partition coefficient (Wildman–Crippen LogP) is 2.66. The average Bonchev–Trinajstić information content (AvgIpc) is 2.39. The molecular weight excluding hydrogens is 254 g/mol. The molecule has 0 aliphatic rings. The van der Waals surface area contributed by atoms with Crippen LogP contribution in [0.5, 0.6) is 0 Å². The molecule has 0 atom stereocenters. The fourth-order valence-corrected chi connectivity index (χ4v) is 2.37. The maximum atomic E-state index is 5.81. The highest BCUT2D eigenvalue weighted by Gasteiger charge is 2.12. The molecule has 0 radical (unpaired) electrons. The fourth-order valence-electron chi connectivity index (χ4n) is 2.21. The molecule has 2 rings (SSSR count). The monoisotopic (exact) mass is 271 g/mol. The highest BCUT2D eigenvalue weighted by Crippen LogP contribution is 2.25. The van der Waals surface area contributed by atoms with E-state index in [9.17, 15) is 0 Å². The van der Waals surface area contributed by atoms with Crippen molar-refractivity contribution in [3.05, 3.63) is 59.4 Å². The Morgan fingerprint density at radius 1 is 1.32 bits per heavy atom. The lowest BCUT2D eigenvalue weighted by atomic mass is 10.1. The van der Waals surface area contributed by atoms with Gasteiger partial charge in [-0.3, -0.25) is 4.98 Å². The third-order valence-corrected chi connectivity index (χ3v) is 3.25. The van der Waals surface area contributed by atoms with E-state index >= 15 is 0 Å². The predicted molar refractivity (Wildman–Crippen MR) is 83.4 cm³/mol. The van der Waals surface area contributed by atoms with Gasteiger partial charge in [0.1, 0.15) is 4.99 Å². The number of benzene rings is 1. The second-order valence-electron chi connectivity index (χ2n) is 4.55. The number of thiocarbonyl (C=S) groups is 1. The Morgan fingerprint density at radius 2 is 2.11 bits per heavy atom. The van der Waals surface area contributed by atoms with E-state index in [1.165, 1.54) is 0 Å². The maximum absolute atomic E-state index is 5.81. The first-order valence-corrected chi connectivity index (χ1v) is 6.50. The molecule has 0 saturated heterocycles. The lowest BCUT2D eigenvalue weighted by Gasteiger charge is -2.24. The summed E-state index contributed by atoms with van der Waals surface area (Å²) in [7, 11) is 2.04. The zero-order chi connectivity index (χ0) is 13.8. The van der Waals surface area contributed by atoms with E-state index in [4.69, 9.17) is 18.0 Å². The Bertz CT molecular complexity index is 581. The van der Waals surface area contributed by atoms with Crippen LogP contribution in [-0.4, -0.2) is 17.0 Å². The molecule has 0 spiro atoms. The van der Waals surface area contributed by atoms with Crippen LogP contribution in [0, 0.1) is 6.92 Å². The van der Waals surface area contributed by atoms with Crippen molar-refractivity contribution in [1.82, 2.24) is 4.98 Å². The number of hydrogen-bond acceptors (Lipinski definition) is 3. The zero-order valence-electron chi connectivity index (χ0n) is 11.1. The summed E-state index contributed by atoms with van der Waals surface area (Å²) in [6, 6.07) is 10.0. The molecule has 0 unspecified atom stereocenters. The van der Waals surface area contributed by atoms with Crippen molar-refractivity contribution >= 4 is 22.9 Å². The number of aromatic nitrogens is 1. The molecule has 0 aliphatic carbocycles. The number of hydrogen-bond donors (Lipinski definition) is 1. The summed E-state index contributed by atoms with van der Waals surface area (Å²) in [6.45, 7) is 2.84. The van der Waals surface area contributed by atoms with Crippen LogP contribution in [0.25, 0.3) is 0 Å². The van der Waals surface area contributed by atoms with Crippen LogP contribution >= 0.6 is 12.2 Å². The molecule has 1 aromatic heterocycles. The smallest absolute Gasteiger partial charge is 0.106 e. The molecule has 19 heavy (non-hydrogen) atoms. The molecule has 0 fully saturated rings. The third kappa shape index (κ3) is 3.09. The minimum absolute atomic E-state index is 0.428. The Labute approximate surface area is 119 Å². The highest BCUT2D eigenvalue weighted by atomic mass is 32.1. The molecule has 0 amide bonds. The van der Waals surface area contributed by atoms with Gasteiger partial charge < -0.3 is 10.6 Å². The highest BCUT2D eigenvalue weighted by molar-refractivity contribution is 7.80. The topological polar surface area (TPSA) is 42.1 Å². The average molecular weight is 271 g/mol. The molecule has 0 saturated carbocycles. The van der Waals surface area contributed by atoms with E-state index in [0.29, 0.717) is 4.99 Å². The minimum Gasteiger partial charge on any atom is -0.389 e. The van der Waals surface area contributed by atoms with E-state index in [1.54, 1.807) is 6.20 Å². The number of aryl methyl sites for hydroxylation is 1. The number of nitrogens with two attached hydrogens (primary N) is 1. The second-order valence-corrected chi connectivity index (χ2v) is 4.99. The van der Waals surface area contributed by atoms with E-state index < -0.39 is 0 Å². The quantitative estimate of drug-likeness (QED) is 0.868. The van der Waals surface area contributed by atoms with E-state index in [1.807, 2.05) is 31.4 Å². The molecule has 1 aromatic carbocycles. The Hall–Kier alpha value is -1.94. The van der Waals surface area contributed by atoms with Crippen LogP contribution < -0.4 is 10.6 Å². The first-order chi connectivity index (χ1) is 9.09. The van der Waals surface area contributed by atoms with Gasteiger partial charge >= 0.3 is 0 Å². The number of anilines is 1. The van der Waals surface area contributed by atoms with Gasteiger partial charge in [-0.1, -0.05) is 30.4 Å². The third-order valence-electron chi connectivity index (χ3n) is 3.03. The second kappa shape index (κ2) is 5.80. The van der Waals surface area contributed by atoms with Gasteiger partial charge in [0.05, 0.1) is 0 Å². The van der Waals surface area contributed by atoms with Crippen molar-refractivity contribution in [3.63, 3.8) is 0 Å². The van der Waals surface area contributed by atoms with Crippen LogP contribution in [0.15, 0.2) is 42.7 Å². The van der Waals surface area contributed by atoms with Gasteiger partial charge in [-0.15, -0.1) is 0 Å². The molecule has 0 bridgehead atoms. The summed E-state index contributed by atoms with van der Waals surface area (Å²) >= 11 is 5.13. The minimum atomic E-state index is 0.428. The Balaban J connectivity index is 2.33. The van der Waals surface area contributed by atoms with Gasteiger partial charge in [0, 0.05) is 37.2 Å². The first kappa shape index (κ1) is 13.5. The summed E-state index contributed by atoms with van der Waals surface area (Å²) in [5.41, 5.74) is 10.1. The number of rotatable bonds is 4. The maximum Gasteiger partial charge on any atom is 0.106 e. The van der Waals surface area contributed by atoms with Gasteiger partial charge in [0.15, 0.2) is 0 Å². The van der Waals surface area contributed by atoms with Gasteiger partial charge in [0.2, 0.25) is 0 Å². The van der Waals surface area contributed by atoms with E-state index in [2.05, 4.69) is 28.9 Å². The summed E-state index contributed by atoms with van der Waals surface area (Å²) in [4.78, 5) is 6.72. The molecule has 1 heterocycles. The van der Waals surface area contributed by atoms with Gasteiger partial charge in [-0.2, -0.15) is 0 Å². The van der Waals surface area contributed by atoms with Crippen LogP contribution in [-0.2, 0) is 6.54 Å². The van der Waals surface area contributed by atoms with Crippen molar-refractivity contribution in [2.75, 3.05) is 11.9 Å². The summed E-state index contributed by atoms with van der Waals surface area (Å²) in [5.74, 6) is 0. The lowest BCUT2D eigenvalue weighted by Crippen LogP contribution is -2.22. The summed E-state index contributed by atoms with van der Waals surface area (Å²) < 4.78 is 0. The summed E-state index contributed by atoms with van der Waals surface area (Å²) in [6.07, 6.45) is 3.65. The molecule has 3 nitrogen and oxygen atoms in total. The first-order valence-electron chi connectivity index (χ1n) is 6.09. The Kier molecular flexibility index (Phi) is 4.12. The molecule has 0 aliphatic heterocycles. The fraction of sp³-hybridized carbons (Fsp3) is 0.200. The molecule has 2 aromatic rings. The van der Waals surface area contributed by atoms with Crippen molar-refractivity contribution in [2.24, 2.45) is 5.73 Å². The molecule has 2 N–H and O–H groups in total. The SMILES string of the molecule is Cc1cccc(C(N)=S)c1N(C)Cc1cccnc1. The number of pyridine rings is 1. The van der Waals surface area contributed by atoms with Crippen LogP contribution in [0.2, 0.25) is 0 Å². The van der Waals surface area contributed by atoms with Gasteiger partial charge in [-0.25, -0.2) is 0 Å². The number of para-hydroxylation sites is 1. The largest absolute Gasteiger partial charge is 0.389 e. The normalized spacial score (nSPS) is 10.2. The van der Waals surface area contributed by atoms with E-state index in [-0.39, 0.29) is 0 Å².